The van der Waals surface area contributed by atoms with Gasteiger partial charge in [-0.2, -0.15) is 0 Å². The number of methoxy groups -OCH3 is 1. The lowest BCUT2D eigenvalue weighted by Crippen LogP contribution is -2.67. The van der Waals surface area contributed by atoms with Crippen LogP contribution in [-0.4, -0.2) is 65.5 Å². The van der Waals surface area contributed by atoms with E-state index >= 15 is 0 Å². The first-order chi connectivity index (χ1) is 25.3. The van der Waals surface area contributed by atoms with E-state index in [2.05, 4.69) is 32.1 Å². The number of nitrogens with zero attached hydrogens (tertiary/aromatic N) is 1. The zero-order chi connectivity index (χ0) is 37.4. The maximum atomic E-state index is 14.7. The van der Waals surface area contributed by atoms with Gasteiger partial charge in [-0.15, -0.1) is 0 Å². The highest BCUT2D eigenvalue weighted by Gasteiger charge is 2.74. The Hall–Kier alpha value is -3.92. The number of benzene rings is 3. The summed E-state index contributed by atoms with van der Waals surface area (Å²) < 4.78 is 40.0. The molecule has 2 bridgehead atoms. The van der Waals surface area contributed by atoms with Crippen LogP contribution in [0.25, 0.3) is 10.8 Å². The Labute approximate surface area is 309 Å². The predicted octanol–water partition coefficient (Wildman–Crippen LogP) is 8.43. The predicted molar refractivity (Wildman–Crippen MR) is 197 cm³/mol. The molecule has 3 fully saturated rings. The average molecular weight is 726 g/mol. The Morgan fingerprint density at radius 2 is 1.62 bits per heavy atom. The van der Waals surface area contributed by atoms with Crippen molar-refractivity contribution in [2.24, 2.45) is 33.5 Å². The number of rotatable bonds is 9. The van der Waals surface area contributed by atoms with Gasteiger partial charge in [0.25, 0.3) is 0 Å². The summed E-state index contributed by atoms with van der Waals surface area (Å²) in [6.45, 7) is 5.20. The van der Waals surface area contributed by atoms with Crippen molar-refractivity contribution in [2.45, 2.75) is 76.9 Å². The number of hydrogen-bond acceptors (Lipinski definition) is 6. The maximum Gasteiger partial charge on any atom is 0.415 e. The molecule has 6 aliphatic rings. The summed E-state index contributed by atoms with van der Waals surface area (Å²) in [4.78, 5) is 30.3. The molecule has 2 spiro atoms. The van der Waals surface area contributed by atoms with Crippen LogP contribution >= 0.6 is 0 Å². The minimum atomic E-state index is -1.31. The fourth-order valence-electron chi connectivity index (χ4n) is 11.7. The SMILES string of the molecule is COCCCN(C[C@]1(O)CC[C@H]2[C@]34C=C[C@@]5(C=C3C(=O)c3ccc(F)c(F)c3)CC(O)CC[C@]5(C)[C@H]4CC[C@@]21C)C(=O)Oc1ccc2ccccc2c1. The van der Waals surface area contributed by atoms with E-state index in [1.165, 1.54) is 6.07 Å². The molecular formula is C44H49F2NO6. The Bertz CT molecular complexity index is 2030. The molecule has 6 aliphatic carbocycles. The number of hydrogen-bond donors (Lipinski definition) is 2. The minimum absolute atomic E-state index is 0.0258. The summed E-state index contributed by atoms with van der Waals surface area (Å²) in [5, 5.41) is 25.9. The minimum Gasteiger partial charge on any atom is -0.410 e. The molecule has 0 heterocycles. The molecule has 0 aromatic heterocycles. The van der Waals surface area contributed by atoms with E-state index in [-0.39, 0.29) is 35.1 Å². The third-order valence-corrected chi connectivity index (χ3v) is 14.6. The number of carbonyl (C=O) groups excluding carboxylic acids is 2. The molecule has 1 unspecified atom stereocenters. The van der Waals surface area contributed by atoms with Crippen molar-refractivity contribution in [3.63, 3.8) is 0 Å². The normalized spacial score (nSPS) is 35.3. The molecule has 280 valence electrons. The van der Waals surface area contributed by atoms with Gasteiger partial charge in [0, 0.05) is 47.6 Å². The van der Waals surface area contributed by atoms with E-state index < -0.39 is 45.7 Å². The van der Waals surface area contributed by atoms with Gasteiger partial charge in [0.15, 0.2) is 17.4 Å². The van der Waals surface area contributed by atoms with Crippen LogP contribution in [0.3, 0.4) is 0 Å². The molecule has 0 saturated heterocycles. The van der Waals surface area contributed by atoms with Gasteiger partial charge in [-0.3, -0.25) is 4.79 Å². The number of amides is 1. The highest BCUT2D eigenvalue weighted by atomic mass is 19.2. The molecule has 9 heteroatoms. The molecule has 9 rings (SSSR count). The van der Waals surface area contributed by atoms with Gasteiger partial charge in [0.05, 0.1) is 18.2 Å². The second-order valence-electron chi connectivity index (χ2n) is 16.9. The third-order valence-electron chi connectivity index (χ3n) is 14.6. The fraction of sp³-hybridized carbons (Fsp3) is 0.500. The summed E-state index contributed by atoms with van der Waals surface area (Å²) >= 11 is 0. The Morgan fingerprint density at radius 1 is 0.887 bits per heavy atom. The van der Waals surface area contributed by atoms with Crippen LogP contribution in [0.4, 0.5) is 13.6 Å². The molecule has 3 aromatic rings. The lowest BCUT2D eigenvalue weighted by Gasteiger charge is -2.71. The van der Waals surface area contributed by atoms with Gasteiger partial charge in [-0.25, -0.2) is 13.6 Å². The van der Waals surface area contributed by atoms with Gasteiger partial charge < -0.3 is 24.6 Å². The van der Waals surface area contributed by atoms with Crippen LogP contribution in [0.5, 0.6) is 5.75 Å². The maximum absolute atomic E-state index is 14.7. The van der Waals surface area contributed by atoms with Crippen LogP contribution in [-0.2, 0) is 4.74 Å². The number of halogens is 2. The van der Waals surface area contributed by atoms with Crippen molar-refractivity contribution in [1.82, 2.24) is 4.90 Å². The van der Waals surface area contributed by atoms with Crippen molar-refractivity contribution in [3.05, 3.63) is 102 Å². The zero-order valence-corrected chi connectivity index (χ0v) is 30.7. The second-order valence-corrected chi connectivity index (χ2v) is 16.9. The van der Waals surface area contributed by atoms with Gasteiger partial charge in [-0.1, -0.05) is 62.4 Å². The summed E-state index contributed by atoms with van der Waals surface area (Å²) in [7, 11) is 1.61. The number of ketones is 1. The summed E-state index contributed by atoms with van der Waals surface area (Å²) in [5.41, 5.74) is -3.00. The topological polar surface area (TPSA) is 96.3 Å². The molecule has 7 nitrogen and oxygen atoms in total. The van der Waals surface area contributed by atoms with Crippen molar-refractivity contribution < 1.29 is 38.1 Å². The van der Waals surface area contributed by atoms with Crippen molar-refractivity contribution in [1.29, 1.82) is 0 Å². The summed E-state index contributed by atoms with van der Waals surface area (Å²) in [5.74, 6) is -2.18. The number of allylic oxidation sites excluding steroid dienone is 4. The lowest BCUT2D eigenvalue weighted by molar-refractivity contribution is -0.175. The van der Waals surface area contributed by atoms with Crippen molar-refractivity contribution >= 4 is 22.6 Å². The highest BCUT2D eigenvalue weighted by molar-refractivity contribution is 6.10. The largest absolute Gasteiger partial charge is 0.415 e. The first kappa shape index (κ1) is 36.1. The standard InChI is InChI=1S/C44H49F2NO6/c1-40-16-13-31(48)25-42(40)19-20-44(33(26-42)38(49)30-10-12-34(45)35(46)24-30)36(40)14-17-41(2)37(44)15-18-43(41,51)27-47(21-6-22-52-3)39(50)53-32-11-9-28-7-4-5-8-29(28)23-32/h4-5,7-12,19-20,23-24,26,31,36-37,48,51H,6,13-18,21-22,25,27H2,1-3H3/t31?,36-,37-,40-,41+,42+,43-,44-/m1/s1. The van der Waals surface area contributed by atoms with Crippen LogP contribution in [0.15, 0.2) is 84.5 Å². The van der Waals surface area contributed by atoms with E-state index in [1.807, 2.05) is 36.4 Å². The molecule has 0 radical (unpaired) electrons. The van der Waals surface area contributed by atoms with Gasteiger partial charge in [0.2, 0.25) is 0 Å². The molecule has 1 amide bonds. The third kappa shape index (κ3) is 5.35. The summed E-state index contributed by atoms with van der Waals surface area (Å²) in [6, 6.07) is 16.7. The zero-order valence-electron chi connectivity index (χ0n) is 30.7. The number of ether oxygens (including phenoxy) is 2. The number of Topliss-reactive ketones (excluding diaryl/α,β-unsaturated/α-hetero) is 1. The number of carbonyl (C=O) groups is 2. The van der Waals surface area contributed by atoms with Gasteiger partial charge in [0.1, 0.15) is 5.75 Å². The van der Waals surface area contributed by atoms with E-state index in [0.717, 1.165) is 35.7 Å². The molecule has 0 aliphatic heterocycles. The highest BCUT2D eigenvalue weighted by Crippen LogP contribution is 2.78. The van der Waals surface area contributed by atoms with Crippen LogP contribution < -0.4 is 4.74 Å². The van der Waals surface area contributed by atoms with E-state index in [9.17, 15) is 28.6 Å². The lowest BCUT2D eigenvalue weighted by atomic mass is 9.32. The Morgan fingerprint density at radius 3 is 2.40 bits per heavy atom. The second kappa shape index (κ2) is 12.8. The van der Waals surface area contributed by atoms with E-state index in [0.29, 0.717) is 63.0 Å². The van der Waals surface area contributed by atoms with E-state index in [1.54, 1.807) is 18.1 Å². The smallest absolute Gasteiger partial charge is 0.410 e. The molecule has 8 atom stereocenters. The fourth-order valence-corrected chi connectivity index (χ4v) is 11.7. The summed E-state index contributed by atoms with van der Waals surface area (Å²) in [6.07, 6.45) is 10.3. The van der Waals surface area contributed by atoms with Crippen LogP contribution in [0, 0.1) is 45.1 Å². The van der Waals surface area contributed by atoms with Crippen molar-refractivity contribution in [3.8, 4) is 5.75 Å². The number of fused-ring (bicyclic) bond motifs is 2. The van der Waals surface area contributed by atoms with Gasteiger partial charge >= 0.3 is 6.09 Å². The first-order valence-corrected chi connectivity index (χ1v) is 19.1. The molecule has 2 N–H and O–H groups in total. The number of aliphatic hydroxyl groups is 2. The van der Waals surface area contributed by atoms with Crippen LogP contribution in [0.1, 0.15) is 75.6 Å². The number of aliphatic hydroxyl groups excluding tert-OH is 1. The average Bonchev–Trinajstić information content (AvgIpc) is 3.41. The van der Waals surface area contributed by atoms with Crippen molar-refractivity contribution in [2.75, 3.05) is 26.8 Å². The van der Waals surface area contributed by atoms with E-state index in [4.69, 9.17) is 9.47 Å². The Kier molecular flexibility index (Phi) is 8.74. The molecule has 53 heavy (non-hydrogen) atoms. The molecular weight excluding hydrogens is 676 g/mol. The quantitative estimate of drug-likeness (QED) is 0.131. The first-order valence-electron chi connectivity index (χ1n) is 19.1. The Balaban J connectivity index is 1.16. The molecule has 3 aromatic carbocycles. The van der Waals surface area contributed by atoms with Crippen LogP contribution in [0.2, 0.25) is 0 Å². The molecule has 3 saturated carbocycles. The monoisotopic (exact) mass is 725 g/mol. The van der Waals surface area contributed by atoms with Gasteiger partial charge in [-0.05, 0) is 110 Å².